The number of unbranched alkanes of at least 4 members (excludes halogenated alkanes) is 30. The van der Waals surface area contributed by atoms with E-state index < -0.39 is 6.10 Å². The molecule has 1 unspecified atom stereocenters. The molecule has 0 rings (SSSR count). The monoisotopic (exact) mass is 989 g/mol. The molecule has 0 saturated heterocycles. The third-order valence-corrected chi connectivity index (χ3v) is 12.9. The van der Waals surface area contributed by atoms with Crippen LogP contribution in [-0.4, -0.2) is 37.2 Å². The van der Waals surface area contributed by atoms with Gasteiger partial charge in [0.15, 0.2) is 6.10 Å². The van der Waals surface area contributed by atoms with Crippen molar-refractivity contribution in [1.82, 2.24) is 0 Å². The van der Waals surface area contributed by atoms with Crippen LogP contribution in [0.25, 0.3) is 0 Å². The molecule has 1 atom stereocenters. The zero-order valence-electron chi connectivity index (χ0n) is 46.7. The van der Waals surface area contributed by atoms with Gasteiger partial charge in [-0.1, -0.05) is 279 Å². The summed E-state index contributed by atoms with van der Waals surface area (Å²) in [5.41, 5.74) is 0. The molecule has 0 bridgehead atoms. The molecule has 0 aliphatic heterocycles. The average Bonchev–Trinajstić information content (AvgIpc) is 3.37. The molecule has 0 aliphatic carbocycles. The number of carbonyl (C=O) groups excluding carboxylic acids is 3. The van der Waals surface area contributed by atoms with Crippen LogP contribution in [0.2, 0.25) is 0 Å². The van der Waals surface area contributed by atoms with Gasteiger partial charge in [0.25, 0.3) is 0 Å². The molecule has 0 N–H and O–H groups in total. The molecule has 71 heavy (non-hydrogen) atoms. The molecular formula is C65H112O6. The molecule has 0 aliphatic rings. The lowest BCUT2D eigenvalue weighted by Gasteiger charge is -2.18. The second-order valence-electron chi connectivity index (χ2n) is 19.9. The van der Waals surface area contributed by atoms with Crippen LogP contribution in [0.15, 0.2) is 85.1 Å². The first kappa shape index (κ1) is 67.6. The molecule has 0 heterocycles. The fourth-order valence-corrected chi connectivity index (χ4v) is 8.43. The summed E-state index contributed by atoms with van der Waals surface area (Å²) in [4.78, 5) is 38.2. The molecule has 0 aromatic heterocycles. The van der Waals surface area contributed by atoms with E-state index >= 15 is 0 Å². The van der Waals surface area contributed by atoms with E-state index in [0.29, 0.717) is 19.3 Å². The molecular weight excluding hydrogens is 877 g/mol. The van der Waals surface area contributed by atoms with Crippen LogP contribution in [0.4, 0.5) is 0 Å². The highest BCUT2D eigenvalue weighted by molar-refractivity contribution is 5.71. The van der Waals surface area contributed by atoms with Gasteiger partial charge < -0.3 is 14.2 Å². The lowest BCUT2D eigenvalue weighted by molar-refractivity contribution is -0.166. The topological polar surface area (TPSA) is 78.9 Å². The lowest BCUT2D eigenvalue weighted by atomic mass is 10.0. The minimum Gasteiger partial charge on any atom is -0.462 e. The van der Waals surface area contributed by atoms with Gasteiger partial charge in [-0.05, 0) is 77.0 Å². The first-order chi connectivity index (χ1) is 35.0. The molecule has 0 aromatic rings. The Hall–Kier alpha value is -3.41. The first-order valence-corrected chi connectivity index (χ1v) is 30.1. The molecule has 6 heteroatoms. The zero-order valence-corrected chi connectivity index (χ0v) is 46.7. The van der Waals surface area contributed by atoms with E-state index in [0.717, 1.165) is 70.6 Å². The van der Waals surface area contributed by atoms with Crippen LogP contribution in [0.1, 0.15) is 290 Å². The van der Waals surface area contributed by atoms with Crippen molar-refractivity contribution in [2.45, 2.75) is 297 Å². The predicted octanol–water partition coefficient (Wildman–Crippen LogP) is 20.3. The summed E-state index contributed by atoms with van der Waals surface area (Å²) >= 11 is 0. The number of ether oxygens (including phenoxy) is 3. The number of allylic oxidation sites excluding steroid dienone is 14. The molecule has 0 radical (unpaired) electrons. The van der Waals surface area contributed by atoms with E-state index in [2.05, 4.69) is 99.8 Å². The summed E-state index contributed by atoms with van der Waals surface area (Å²) in [6.07, 6.45) is 77.3. The third kappa shape index (κ3) is 57.4. The molecule has 0 saturated carbocycles. The summed E-state index contributed by atoms with van der Waals surface area (Å²) in [6.45, 7) is 6.46. The molecule has 6 nitrogen and oxygen atoms in total. The SMILES string of the molecule is CC/C=C\C/C=C\C/C=C\C/C=C\C/C=C\CCC(=O)OCC(COC(=O)CCCCCCCCCCCC/C=C\C=C/CCCCC)OC(=O)CCCCCCCCCCCCCCCCCCCC. The summed E-state index contributed by atoms with van der Waals surface area (Å²) in [5, 5.41) is 0. The number of rotatable bonds is 54. The van der Waals surface area contributed by atoms with Gasteiger partial charge in [-0.2, -0.15) is 0 Å². The highest BCUT2D eigenvalue weighted by Crippen LogP contribution is 2.16. The molecule has 408 valence electrons. The Labute approximate surface area is 439 Å². The minimum atomic E-state index is -0.807. The van der Waals surface area contributed by atoms with Gasteiger partial charge in [-0.25, -0.2) is 0 Å². The van der Waals surface area contributed by atoms with Crippen molar-refractivity contribution in [2.75, 3.05) is 13.2 Å². The molecule has 0 aromatic carbocycles. The number of carbonyl (C=O) groups is 3. The van der Waals surface area contributed by atoms with E-state index in [1.165, 1.54) is 173 Å². The van der Waals surface area contributed by atoms with Crippen molar-refractivity contribution >= 4 is 17.9 Å². The number of hydrogen-bond donors (Lipinski definition) is 0. The summed E-state index contributed by atoms with van der Waals surface area (Å²) in [7, 11) is 0. The zero-order chi connectivity index (χ0) is 51.4. The van der Waals surface area contributed by atoms with Crippen LogP contribution in [0.5, 0.6) is 0 Å². The fourth-order valence-electron chi connectivity index (χ4n) is 8.43. The predicted molar refractivity (Wildman–Crippen MR) is 307 cm³/mol. The largest absolute Gasteiger partial charge is 0.462 e. The molecule has 0 amide bonds. The average molecular weight is 990 g/mol. The molecule has 0 fully saturated rings. The maximum absolute atomic E-state index is 12.9. The van der Waals surface area contributed by atoms with Crippen molar-refractivity contribution in [3.63, 3.8) is 0 Å². The van der Waals surface area contributed by atoms with Gasteiger partial charge in [0.1, 0.15) is 13.2 Å². The van der Waals surface area contributed by atoms with Gasteiger partial charge in [0.2, 0.25) is 0 Å². The summed E-state index contributed by atoms with van der Waals surface area (Å²) in [5.74, 6) is -0.978. The minimum absolute atomic E-state index is 0.0990. The highest BCUT2D eigenvalue weighted by atomic mass is 16.6. The van der Waals surface area contributed by atoms with Gasteiger partial charge in [0.05, 0.1) is 0 Å². The summed E-state index contributed by atoms with van der Waals surface area (Å²) in [6, 6.07) is 0. The highest BCUT2D eigenvalue weighted by Gasteiger charge is 2.19. The normalized spacial score (nSPS) is 12.7. The van der Waals surface area contributed by atoms with Crippen molar-refractivity contribution in [3.05, 3.63) is 85.1 Å². The van der Waals surface area contributed by atoms with E-state index in [1.807, 2.05) is 6.08 Å². The van der Waals surface area contributed by atoms with Gasteiger partial charge >= 0.3 is 17.9 Å². The second-order valence-corrected chi connectivity index (χ2v) is 19.9. The van der Waals surface area contributed by atoms with Crippen LogP contribution in [0.3, 0.4) is 0 Å². The van der Waals surface area contributed by atoms with Crippen LogP contribution >= 0.6 is 0 Å². The Morgan fingerprint density at radius 1 is 0.310 bits per heavy atom. The Balaban J connectivity index is 4.44. The fraction of sp³-hybridized carbons (Fsp3) is 0.738. The number of hydrogen-bond acceptors (Lipinski definition) is 6. The lowest BCUT2D eigenvalue weighted by Crippen LogP contribution is -2.30. The van der Waals surface area contributed by atoms with E-state index in [4.69, 9.17) is 14.2 Å². The molecule has 0 spiro atoms. The van der Waals surface area contributed by atoms with Gasteiger partial charge in [-0.3, -0.25) is 14.4 Å². The Bertz CT molecular complexity index is 1370. The Kier molecular flexibility index (Phi) is 56.3. The van der Waals surface area contributed by atoms with Crippen LogP contribution in [-0.2, 0) is 28.6 Å². The van der Waals surface area contributed by atoms with Gasteiger partial charge in [0, 0.05) is 19.3 Å². The van der Waals surface area contributed by atoms with Crippen LogP contribution < -0.4 is 0 Å². The van der Waals surface area contributed by atoms with E-state index in [1.54, 1.807) is 0 Å². The van der Waals surface area contributed by atoms with E-state index in [-0.39, 0.29) is 37.5 Å². The van der Waals surface area contributed by atoms with Crippen molar-refractivity contribution < 1.29 is 28.6 Å². The van der Waals surface area contributed by atoms with Gasteiger partial charge in [-0.15, -0.1) is 0 Å². The van der Waals surface area contributed by atoms with Crippen molar-refractivity contribution in [2.24, 2.45) is 0 Å². The van der Waals surface area contributed by atoms with Crippen molar-refractivity contribution in [3.8, 4) is 0 Å². The maximum atomic E-state index is 12.9. The van der Waals surface area contributed by atoms with E-state index in [9.17, 15) is 14.4 Å². The smallest absolute Gasteiger partial charge is 0.306 e. The van der Waals surface area contributed by atoms with Crippen LogP contribution in [0, 0.1) is 0 Å². The maximum Gasteiger partial charge on any atom is 0.306 e. The first-order valence-electron chi connectivity index (χ1n) is 30.1. The van der Waals surface area contributed by atoms with Crippen molar-refractivity contribution in [1.29, 1.82) is 0 Å². The number of esters is 3. The Morgan fingerprint density at radius 2 is 0.620 bits per heavy atom. The third-order valence-electron chi connectivity index (χ3n) is 12.9. The second kappa shape index (κ2) is 59.2. The summed E-state index contributed by atoms with van der Waals surface area (Å²) < 4.78 is 16.8. The Morgan fingerprint density at radius 3 is 1.03 bits per heavy atom. The standard InChI is InChI=1S/C65H112O6/c1-4-7-10-13-16-19-22-25-28-31-33-35-37-40-43-46-49-52-55-58-64(67)70-61-62(60-69-63(66)57-54-51-48-45-42-39-36-30-27-24-21-18-15-12-9-6-3)71-65(68)59-56-53-50-47-44-41-38-34-32-29-26-23-20-17-14-11-8-5-2/h9,12,16,18-19,21-22,25,27,30,39,42,48,51,62H,4-8,10-11,13-15,17,20,23-24,26,28-29,31-38,40-41,43-47,49-50,52-61H2,1-3H3/b12-9-,19-16-,21-18-,25-22-,30-27-,42-39-,51-48-. The quantitative estimate of drug-likeness (QED) is 0.0199.